The molecule has 0 radical (unpaired) electrons. The monoisotopic (exact) mass is 488 g/mol. The van der Waals surface area contributed by atoms with Crippen LogP contribution in [-0.2, 0) is 14.8 Å². The van der Waals surface area contributed by atoms with Crippen LogP contribution in [0.3, 0.4) is 0 Å². The first-order chi connectivity index (χ1) is 15.8. The molecule has 1 aliphatic heterocycles. The van der Waals surface area contributed by atoms with E-state index in [0.29, 0.717) is 36.1 Å². The van der Waals surface area contributed by atoms with Gasteiger partial charge in [0.2, 0.25) is 0 Å². The number of amides is 1. The maximum absolute atomic E-state index is 12.6. The van der Waals surface area contributed by atoms with E-state index >= 15 is 0 Å². The van der Waals surface area contributed by atoms with E-state index in [1.807, 2.05) is 24.3 Å². The molecule has 4 rings (SSSR count). The van der Waals surface area contributed by atoms with Gasteiger partial charge in [0.15, 0.2) is 24.2 Å². The minimum Gasteiger partial charge on any atom is -0.486 e. The lowest BCUT2D eigenvalue weighted by Crippen LogP contribution is -2.43. The molecule has 0 unspecified atom stereocenters. The molecule has 0 saturated carbocycles. The minimum atomic E-state index is -3.60. The maximum atomic E-state index is 12.6. The van der Waals surface area contributed by atoms with E-state index in [1.165, 1.54) is 27.6 Å². The molecule has 33 heavy (non-hydrogen) atoms. The number of ether oxygens (including phenoxy) is 3. The second-order valence-electron chi connectivity index (χ2n) is 7.46. The van der Waals surface area contributed by atoms with Gasteiger partial charge in [-0.15, -0.1) is 11.3 Å². The highest BCUT2D eigenvalue weighted by atomic mass is 32.2. The van der Waals surface area contributed by atoms with E-state index in [9.17, 15) is 13.2 Å². The van der Waals surface area contributed by atoms with Crippen molar-refractivity contribution in [3.63, 3.8) is 0 Å². The van der Waals surface area contributed by atoms with Crippen LogP contribution < -0.4 is 18.5 Å². The first-order valence-electron chi connectivity index (χ1n) is 10.2. The van der Waals surface area contributed by atoms with Crippen LogP contribution in [0.2, 0.25) is 0 Å². The number of thiophene rings is 1. The van der Waals surface area contributed by atoms with Gasteiger partial charge in [0, 0.05) is 14.1 Å². The lowest BCUT2D eigenvalue weighted by atomic mass is 10.2. The molecule has 0 bridgehead atoms. The summed E-state index contributed by atoms with van der Waals surface area (Å²) in [5, 5.41) is 1.72. The van der Waals surface area contributed by atoms with Gasteiger partial charge in [-0.25, -0.2) is 8.42 Å². The lowest BCUT2D eigenvalue weighted by molar-refractivity contribution is -0.133. The standard InChI is InChI=1S/C23H24N2O6S2/c1-24(14-19-15-30-20-6-3-4-7-21(20)31-19)22(26)16-29-18-11-9-17(10-12-18)25(2)33(27,28)23-8-5-13-32-23/h3-13,19H,14-16H2,1-2H3/t19-/m0/s1. The van der Waals surface area contributed by atoms with Crippen LogP contribution in [0.1, 0.15) is 0 Å². The molecule has 2 heterocycles. The molecule has 1 amide bonds. The smallest absolute Gasteiger partial charge is 0.273 e. The summed E-state index contributed by atoms with van der Waals surface area (Å²) in [7, 11) is -0.421. The Bertz CT molecular complexity index is 1200. The summed E-state index contributed by atoms with van der Waals surface area (Å²) in [5.74, 6) is 1.62. The summed E-state index contributed by atoms with van der Waals surface area (Å²) >= 11 is 1.17. The van der Waals surface area contributed by atoms with E-state index in [1.54, 1.807) is 48.8 Å². The minimum absolute atomic E-state index is 0.149. The fourth-order valence-corrected chi connectivity index (χ4v) is 5.61. The summed E-state index contributed by atoms with van der Waals surface area (Å²) in [4.78, 5) is 14.0. The highest BCUT2D eigenvalue weighted by molar-refractivity contribution is 7.94. The summed E-state index contributed by atoms with van der Waals surface area (Å²) < 4.78 is 43.9. The third kappa shape index (κ3) is 5.23. The molecule has 174 valence electrons. The van der Waals surface area contributed by atoms with Crippen molar-refractivity contribution in [3.05, 3.63) is 66.0 Å². The first kappa shape index (κ1) is 22.9. The third-order valence-corrected chi connectivity index (χ3v) is 8.30. The molecule has 1 atom stereocenters. The molecule has 1 aliphatic rings. The van der Waals surface area contributed by atoms with Gasteiger partial charge in [0.05, 0.1) is 12.2 Å². The van der Waals surface area contributed by atoms with Crippen molar-refractivity contribution in [1.29, 1.82) is 0 Å². The van der Waals surface area contributed by atoms with E-state index < -0.39 is 10.0 Å². The molecule has 1 aromatic heterocycles. The van der Waals surface area contributed by atoms with Gasteiger partial charge in [0.1, 0.15) is 16.6 Å². The number of likely N-dealkylation sites (N-methyl/N-ethyl adjacent to an activating group) is 1. The topological polar surface area (TPSA) is 85.4 Å². The van der Waals surface area contributed by atoms with E-state index in [0.717, 1.165) is 0 Å². The quantitative estimate of drug-likeness (QED) is 0.484. The van der Waals surface area contributed by atoms with Gasteiger partial charge in [-0.05, 0) is 47.8 Å². The summed E-state index contributed by atoms with van der Waals surface area (Å²) in [6.45, 7) is 0.572. The molecular formula is C23H24N2O6S2. The highest BCUT2D eigenvalue weighted by Crippen LogP contribution is 2.31. The molecule has 0 saturated heterocycles. The van der Waals surface area contributed by atoms with Crippen LogP contribution >= 0.6 is 11.3 Å². The molecule has 0 spiro atoms. The number of hydrogen-bond acceptors (Lipinski definition) is 7. The second-order valence-corrected chi connectivity index (χ2v) is 10.6. The normalized spacial score (nSPS) is 15.0. The summed E-state index contributed by atoms with van der Waals surface area (Å²) in [6, 6.07) is 17.2. The number of hydrogen-bond donors (Lipinski definition) is 0. The van der Waals surface area contributed by atoms with Gasteiger partial charge in [-0.3, -0.25) is 9.10 Å². The van der Waals surface area contributed by atoms with Gasteiger partial charge in [0.25, 0.3) is 15.9 Å². The fraction of sp³-hybridized carbons (Fsp3) is 0.261. The Morgan fingerprint density at radius 3 is 2.48 bits per heavy atom. The molecule has 0 aliphatic carbocycles. The lowest BCUT2D eigenvalue weighted by Gasteiger charge is -2.29. The zero-order valence-electron chi connectivity index (χ0n) is 18.2. The van der Waals surface area contributed by atoms with Crippen molar-refractivity contribution in [1.82, 2.24) is 4.90 Å². The number of anilines is 1. The Morgan fingerprint density at radius 2 is 1.79 bits per heavy atom. The van der Waals surface area contributed by atoms with Crippen molar-refractivity contribution in [2.24, 2.45) is 0 Å². The molecule has 10 heteroatoms. The Labute approximate surface area is 197 Å². The van der Waals surface area contributed by atoms with Crippen molar-refractivity contribution in [2.75, 3.05) is 38.2 Å². The van der Waals surface area contributed by atoms with Crippen molar-refractivity contribution in [2.45, 2.75) is 10.3 Å². The number of carbonyl (C=O) groups excluding carboxylic acids is 1. The van der Waals surface area contributed by atoms with Crippen molar-refractivity contribution in [3.8, 4) is 17.2 Å². The summed E-state index contributed by atoms with van der Waals surface area (Å²) in [6.07, 6.45) is -0.269. The van der Waals surface area contributed by atoms with Crippen LogP contribution in [0.15, 0.2) is 70.3 Å². The van der Waals surface area contributed by atoms with Crippen LogP contribution in [0.25, 0.3) is 0 Å². The molecule has 3 aromatic rings. The zero-order valence-corrected chi connectivity index (χ0v) is 19.8. The Balaban J connectivity index is 1.29. The Hall–Kier alpha value is -3.24. The van der Waals surface area contributed by atoms with Crippen LogP contribution in [-0.4, -0.2) is 59.2 Å². The SMILES string of the molecule is CN(C[C@H]1COc2ccccc2O1)C(=O)COc1ccc(N(C)S(=O)(=O)c2cccs2)cc1. The number of rotatable bonds is 8. The van der Waals surface area contributed by atoms with Gasteiger partial charge in [-0.2, -0.15) is 0 Å². The van der Waals surface area contributed by atoms with Gasteiger partial charge < -0.3 is 19.1 Å². The average molecular weight is 489 g/mol. The Kier molecular flexibility index (Phi) is 6.75. The van der Waals surface area contributed by atoms with E-state index in [2.05, 4.69) is 0 Å². The highest BCUT2D eigenvalue weighted by Gasteiger charge is 2.24. The fourth-order valence-electron chi connectivity index (χ4n) is 3.25. The number of fused-ring (bicyclic) bond motifs is 1. The van der Waals surface area contributed by atoms with Crippen molar-refractivity contribution < 1.29 is 27.4 Å². The van der Waals surface area contributed by atoms with Gasteiger partial charge >= 0.3 is 0 Å². The van der Waals surface area contributed by atoms with E-state index in [4.69, 9.17) is 14.2 Å². The van der Waals surface area contributed by atoms with Crippen LogP contribution in [0.4, 0.5) is 5.69 Å². The largest absolute Gasteiger partial charge is 0.486 e. The zero-order chi connectivity index (χ0) is 23.4. The average Bonchev–Trinajstić information content (AvgIpc) is 3.38. The third-order valence-electron chi connectivity index (χ3n) is 5.14. The van der Waals surface area contributed by atoms with E-state index in [-0.39, 0.29) is 22.8 Å². The maximum Gasteiger partial charge on any atom is 0.273 e. The Morgan fingerprint density at radius 1 is 1.06 bits per heavy atom. The van der Waals surface area contributed by atoms with Crippen LogP contribution in [0.5, 0.6) is 17.2 Å². The number of nitrogens with zero attached hydrogens (tertiary/aromatic N) is 2. The number of para-hydroxylation sites is 2. The van der Waals surface area contributed by atoms with Crippen molar-refractivity contribution >= 4 is 33.0 Å². The van der Waals surface area contributed by atoms with Crippen LogP contribution in [0, 0.1) is 0 Å². The number of carbonyl (C=O) groups is 1. The van der Waals surface area contributed by atoms with Gasteiger partial charge in [-0.1, -0.05) is 18.2 Å². The predicted octanol–water partition coefficient (Wildman–Crippen LogP) is 3.25. The number of sulfonamides is 1. The molecule has 8 nitrogen and oxygen atoms in total. The molecular weight excluding hydrogens is 464 g/mol. The predicted molar refractivity (Wildman–Crippen MR) is 126 cm³/mol. The molecule has 0 N–H and O–H groups in total. The second kappa shape index (κ2) is 9.72. The molecule has 0 fully saturated rings. The first-order valence-corrected chi connectivity index (χ1v) is 12.5. The number of benzene rings is 2. The molecule has 2 aromatic carbocycles. The summed E-state index contributed by atoms with van der Waals surface area (Å²) in [5.41, 5.74) is 0.494.